The van der Waals surface area contributed by atoms with Crippen LogP contribution in [0.3, 0.4) is 0 Å². The zero-order valence-electron chi connectivity index (χ0n) is 10.1. The van der Waals surface area contributed by atoms with Crippen molar-refractivity contribution in [1.29, 1.82) is 0 Å². The minimum absolute atomic E-state index is 0. The Bertz CT molecular complexity index is 357. The average molecular weight is 339 g/mol. The van der Waals surface area contributed by atoms with Gasteiger partial charge in [0.15, 0.2) is 0 Å². The summed E-state index contributed by atoms with van der Waals surface area (Å²) in [6.07, 6.45) is 0.946. The molecule has 0 aromatic heterocycles. The van der Waals surface area contributed by atoms with Gasteiger partial charge in [0.2, 0.25) is 0 Å². The summed E-state index contributed by atoms with van der Waals surface area (Å²) in [5.74, 6) is 0.782. The number of halogens is 2. The van der Waals surface area contributed by atoms with Gasteiger partial charge in [-0.15, -0.1) is 12.4 Å². The lowest BCUT2D eigenvalue weighted by atomic mass is 10.3. The molecular weight excluding hydrogens is 321 g/mol. The fraction of sp³-hybridized carbons (Fsp3) is 0.417. The van der Waals surface area contributed by atoms with Crippen molar-refractivity contribution < 1.29 is 14.3 Å². The van der Waals surface area contributed by atoms with E-state index in [1.165, 1.54) is 0 Å². The van der Waals surface area contributed by atoms with Gasteiger partial charge in [-0.25, -0.2) is 4.79 Å². The first kappa shape index (κ1) is 17.2. The van der Waals surface area contributed by atoms with E-state index in [1.807, 2.05) is 0 Å². The summed E-state index contributed by atoms with van der Waals surface area (Å²) in [5, 5.41) is 0.914. The molecule has 0 heterocycles. The Kier molecular flexibility index (Phi) is 8.79. The molecule has 0 amide bonds. The monoisotopic (exact) mass is 337 g/mol. The van der Waals surface area contributed by atoms with Gasteiger partial charge in [-0.1, -0.05) is 15.9 Å². The van der Waals surface area contributed by atoms with Crippen molar-refractivity contribution in [3.63, 3.8) is 0 Å². The van der Waals surface area contributed by atoms with Crippen LogP contribution < -0.4 is 15.2 Å². The minimum atomic E-state index is -0.621. The van der Waals surface area contributed by atoms with E-state index >= 15 is 0 Å². The summed E-state index contributed by atoms with van der Waals surface area (Å²) in [4.78, 5) is 11.2. The maximum absolute atomic E-state index is 11.2. The van der Waals surface area contributed by atoms with Crippen LogP contribution in [-0.2, 0) is 4.79 Å². The zero-order valence-corrected chi connectivity index (χ0v) is 12.5. The fourth-order valence-electron chi connectivity index (χ4n) is 1.06. The lowest BCUT2D eigenvalue weighted by molar-refractivity contribution is -0.135. The normalized spacial score (nSPS) is 11.3. The van der Waals surface area contributed by atoms with Crippen molar-refractivity contribution in [2.45, 2.75) is 19.4 Å². The number of ether oxygens (including phenoxy) is 2. The predicted molar refractivity (Wildman–Crippen MR) is 76.9 cm³/mol. The molecule has 1 aromatic rings. The van der Waals surface area contributed by atoms with Crippen LogP contribution in [-0.4, -0.2) is 23.9 Å². The first-order chi connectivity index (χ1) is 8.13. The molecule has 0 unspecified atom stereocenters. The van der Waals surface area contributed by atoms with E-state index in [0.717, 1.165) is 17.5 Å². The average Bonchev–Trinajstić information content (AvgIpc) is 2.31. The lowest BCUT2D eigenvalue weighted by Crippen LogP contribution is -2.30. The summed E-state index contributed by atoms with van der Waals surface area (Å²) in [5.41, 5.74) is 5.39. The maximum Gasteiger partial charge on any atom is 0.328 e. The second kappa shape index (κ2) is 9.19. The predicted octanol–water partition coefficient (Wildman–Crippen LogP) is 2.52. The molecule has 0 bridgehead atoms. The summed E-state index contributed by atoms with van der Waals surface area (Å²) < 4.78 is 10.5. The van der Waals surface area contributed by atoms with E-state index < -0.39 is 12.0 Å². The molecule has 0 radical (unpaired) electrons. The van der Waals surface area contributed by atoms with Crippen LogP contribution in [0.15, 0.2) is 24.3 Å². The maximum atomic E-state index is 11.2. The highest BCUT2D eigenvalue weighted by Crippen LogP contribution is 2.18. The van der Waals surface area contributed by atoms with Gasteiger partial charge in [-0.2, -0.15) is 0 Å². The Labute approximate surface area is 121 Å². The van der Waals surface area contributed by atoms with Crippen LogP contribution in [0.2, 0.25) is 0 Å². The fourth-order valence-corrected chi connectivity index (χ4v) is 1.29. The highest BCUT2D eigenvalue weighted by Gasteiger charge is 2.09. The number of alkyl halides is 1. The van der Waals surface area contributed by atoms with Crippen LogP contribution in [0.1, 0.15) is 13.3 Å². The molecule has 6 heteroatoms. The molecule has 0 spiro atoms. The van der Waals surface area contributed by atoms with Gasteiger partial charge in [-0.05, 0) is 37.6 Å². The number of carbonyl (C=O) groups excluding carboxylic acids is 1. The number of nitrogens with two attached hydrogens (primary N) is 1. The Hall–Kier alpha value is -0.780. The number of rotatable bonds is 6. The Morgan fingerprint density at radius 2 is 1.89 bits per heavy atom. The summed E-state index contributed by atoms with van der Waals surface area (Å²) >= 11 is 3.33. The zero-order chi connectivity index (χ0) is 12.7. The van der Waals surface area contributed by atoms with E-state index in [0.29, 0.717) is 12.4 Å². The first-order valence-corrected chi connectivity index (χ1v) is 6.51. The van der Waals surface area contributed by atoms with E-state index in [-0.39, 0.29) is 12.4 Å². The Morgan fingerprint density at radius 1 is 1.33 bits per heavy atom. The molecule has 18 heavy (non-hydrogen) atoms. The van der Waals surface area contributed by atoms with Gasteiger partial charge in [0, 0.05) is 5.33 Å². The molecule has 1 aromatic carbocycles. The molecule has 4 nitrogen and oxygen atoms in total. The van der Waals surface area contributed by atoms with Crippen molar-refractivity contribution in [2.24, 2.45) is 5.73 Å². The topological polar surface area (TPSA) is 61.6 Å². The van der Waals surface area contributed by atoms with Crippen LogP contribution in [0, 0.1) is 0 Å². The number of benzene rings is 1. The highest BCUT2D eigenvalue weighted by atomic mass is 79.9. The molecule has 1 rings (SSSR count). The van der Waals surface area contributed by atoms with E-state index in [2.05, 4.69) is 15.9 Å². The third-order valence-corrected chi connectivity index (χ3v) is 2.52. The van der Waals surface area contributed by atoms with Gasteiger partial charge in [0.25, 0.3) is 0 Å². The molecule has 102 valence electrons. The van der Waals surface area contributed by atoms with Gasteiger partial charge < -0.3 is 15.2 Å². The third kappa shape index (κ3) is 6.23. The number of hydrogen-bond donors (Lipinski definition) is 1. The lowest BCUT2D eigenvalue weighted by Gasteiger charge is -2.08. The summed E-state index contributed by atoms with van der Waals surface area (Å²) in [6, 6.07) is 6.27. The Morgan fingerprint density at radius 3 is 2.39 bits per heavy atom. The molecule has 1 atom stereocenters. The molecule has 0 aliphatic rings. The molecule has 0 fully saturated rings. The molecule has 2 N–H and O–H groups in total. The van der Waals surface area contributed by atoms with Gasteiger partial charge in [0.05, 0.1) is 6.61 Å². The number of carbonyl (C=O) groups is 1. The van der Waals surface area contributed by atoms with Crippen LogP contribution in [0.5, 0.6) is 11.5 Å². The Balaban J connectivity index is 0.00000289. The number of hydrogen-bond acceptors (Lipinski definition) is 4. The van der Waals surface area contributed by atoms with Gasteiger partial charge >= 0.3 is 5.97 Å². The van der Waals surface area contributed by atoms with Crippen LogP contribution in [0.25, 0.3) is 0 Å². The molecule has 0 aliphatic carbocycles. The van der Waals surface area contributed by atoms with Crippen molar-refractivity contribution >= 4 is 34.3 Å². The van der Waals surface area contributed by atoms with Gasteiger partial charge in [-0.3, -0.25) is 0 Å². The highest BCUT2D eigenvalue weighted by molar-refractivity contribution is 9.09. The second-order valence-electron chi connectivity index (χ2n) is 3.57. The van der Waals surface area contributed by atoms with Gasteiger partial charge in [0.1, 0.15) is 17.5 Å². The van der Waals surface area contributed by atoms with E-state index in [9.17, 15) is 4.79 Å². The van der Waals surface area contributed by atoms with E-state index in [1.54, 1.807) is 31.2 Å². The van der Waals surface area contributed by atoms with Crippen molar-refractivity contribution in [3.05, 3.63) is 24.3 Å². The molecule has 0 saturated heterocycles. The van der Waals surface area contributed by atoms with Crippen molar-refractivity contribution in [1.82, 2.24) is 0 Å². The van der Waals surface area contributed by atoms with Crippen molar-refractivity contribution in [3.8, 4) is 11.5 Å². The third-order valence-electron chi connectivity index (χ3n) is 1.96. The largest absolute Gasteiger partial charge is 0.494 e. The number of esters is 1. The standard InChI is InChI=1S/C12H16BrNO3.ClH/c1-9(14)12(15)17-11-5-3-10(4-6-11)16-8-2-7-13;/h3-6,9H,2,7-8,14H2,1H3;1H/t9-;/m0./s1. The second-order valence-corrected chi connectivity index (χ2v) is 4.37. The molecule has 0 saturated carbocycles. The smallest absolute Gasteiger partial charge is 0.328 e. The molecular formula is C12H17BrClNO3. The summed E-state index contributed by atoms with van der Waals surface area (Å²) in [6.45, 7) is 2.24. The van der Waals surface area contributed by atoms with Crippen LogP contribution >= 0.6 is 28.3 Å². The van der Waals surface area contributed by atoms with Crippen LogP contribution in [0.4, 0.5) is 0 Å². The minimum Gasteiger partial charge on any atom is -0.494 e. The first-order valence-electron chi connectivity index (χ1n) is 5.39. The quantitative estimate of drug-likeness (QED) is 0.375. The molecule has 0 aliphatic heterocycles. The van der Waals surface area contributed by atoms with Crippen molar-refractivity contribution in [2.75, 3.05) is 11.9 Å². The summed E-state index contributed by atoms with van der Waals surface area (Å²) in [7, 11) is 0. The SMILES string of the molecule is C[C@H](N)C(=O)Oc1ccc(OCCCBr)cc1.Cl. The van der Waals surface area contributed by atoms with E-state index in [4.69, 9.17) is 15.2 Å².